The number of allylic oxidation sites excluding steroid dienone is 1. The molecular formula is C29H28N2O2. The largest absolute Gasteiger partial charge is 0.357 e. The predicted octanol–water partition coefficient (Wildman–Crippen LogP) is 6.24. The first kappa shape index (κ1) is 21.2. The molecule has 0 saturated carbocycles. The van der Waals surface area contributed by atoms with Crippen LogP contribution in [0.3, 0.4) is 0 Å². The fraction of sp³-hybridized carbons (Fsp3) is 0.241. The van der Waals surface area contributed by atoms with Gasteiger partial charge in [-0.15, -0.1) is 0 Å². The van der Waals surface area contributed by atoms with Crippen molar-refractivity contribution in [3.8, 4) is 0 Å². The van der Waals surface area contributed by atoms with Crippen LogP contribution in [0.2, 0.25) is 0 Å². The Morgan fingerprint density at radius 2 is 1.45 bits per heavy atom. The molecule has 4 heteroatoms. The number of nitrogens with one attached hydrogen (secondary N) is 1. The number of anilines is 2. The summed E-state index contributed by atoms with van der Waals surface area (Å²) in [5.41, 5.74) is 5.41. The Labute approximate surface area is 194 Å². The van der Waals surface area contributed by atoms with Crippen LogP contribution in [0.15, 0.2) is 96.2 Å². The van der Waals surface area contributed by atoms with E-state index in [0.29, 0.717) is 12.0 Å². The zero-order valence-electron chi connectivity index (χ0n) is 19.0. The molecule has 2 aliphatic rings. The van der Waals surface area contributed by atoms with Gasteiger partial charge in [0.05, 0.1) is 17.4 Å². The molecule has 1 heterocycles. The standard InChI is InChI=1S/C29H28N2O2/c1-19(2)29(33)31-25-16-10-9-15-23(25)30-24-17-22(20-11-5-3-6-12-20)18-26(32)27(24)28(31)21-13-7-4-8-14-21/h3-16,19,22,28,30H,17-18H2,1-2H3/t22-,28-/m1/s1. The Balaban J connectivity index is 1.72. The monoisotopic (exact) mass is 436 g/mol. The molecule has 166 valence electrons. The van der Waals surface area contributed by atoms with E-state index in [0.717, 1.165) is 29.1 Å². The molecule has 3 aromatic carbocycles. The molecule has 0 fully saturated rings. The topological polar surface area (TPSA) is 49.4 Å². The van der Waals surface area contributed by atoms with Gasteiger partial charge in [-0.05, 0) is 35.6 Å². The van der Waals surface area contributed by atoms with Gasteiger partial charge in [-0.2, -0.15) is 0 Å². The average molecular weight is 437 g/mol. The molecule has 1 N–H and O–H groups in total. The highest BCUT2D eigenvalue weighted by Crippen LogP contribution is 2.47. The summed E-state index contributed by atoms with van der Waals surface area (Å²) in [6.07, 6.45) is 1.17. The van der Waals surface area contributed by atoms with Crippen molar-refractivity contribution >= 4 is 23.1 Å². The van der Waals surface area contributed by atoms with Crippen LogP contribution in [-0.4, -0.2) is 11.7 Å². The van der Waals surface area contributed by atoms with Crippen LogP contribution < -0.4 is 10.2 Å². The Morgan fingerprint density at radius 3 is 2.12 bits per heavy atom. The second-order valence-electron chi connectivity index (χ2n) is 9.15. The van der Waals surface area contributed by atoms with Gasteiger partial charge in [-0.3, -0.25) is 14.5 Å². The van der Waals surface area contributed by atoms with Crippen LogP contribution >= 0.6 is 0 Å². The quantitative estimate of drug-likeness (QED) is 0.528. The number of carbonyl (C=O) groups excluding carboxylic acids is 2. The highest BCUT2D eigenvalue weighted by molar-refractivity contribution is 6.06. The molecule has 0 aromatic heterocycles. The van der Waals surface area contributed by atoms with Crippen LogP contribution in [0, 0.1) is 5.92 Å². The molecule has 0 radical (unpaired) electrons. The Bertz CT molecular complexity index is 1210. The molecular weight excluding hydrogens is 408 g/mol. The van der Waals surface area contributed by atoms with E-state index in [1.807, 2.05) is 91.5 Å². The van der Waals surface area contributed by atoms with Crippen molar-refractivity contribution in [2.75, 3.05) is 10.2 Å². The molecule has 0 saturated heterocycles. The minimum atomic E-state index is -0.462. The summed E-state index contributed by atoms with van der Waals surface area (Å²) in [5, 5.41) is 3.58. The number of Topliss-reactive ketones (excluding diaryl/α,β-unsaturated/α-hetero) is 1. The maximum atomic E-state index is 13.8. The number of para-hydroxylation sites is 2. The zero-order chi connectivity index (χ0) is 22.9. The molecule has 1 aliphatic carbocycles. The maximum Gasteiger partial charge on any atom is 0.230 e. The number of benzene rings is 3. The summed E-state index contributed by atoms with van der Waals surface area (Å²) in [7, 11) is 0. The highest BCUT2D eigenvalue weighted by atomic mass is 16.2. The van der Waals surface area contributed by atoms with Gasteiger partial charge in [0.1, 0.15) is 0 Å². The summed E-state index contributed by atoms with van der Waals surface area (Å²) in [5.74, 6) is 0.00807. The number of amides is 1. The van der Waals surface area contributed by atoms with Gasteiger partial charge in [-0.25, -0.2) is 0 Å². The van der Waals surface area contributed by atoms with Gasteiger partial charge in [0.25, 0.3) is 0 Å². The van der Waals surface area contributed by atoms with Crippen molar-refractivity contribution < 1.29 is 9.59 Å². The van der Waals surface area contributed by atoms with Crippen LogP contribution in [0.5, 0.6) is 0 Å². The van der Waals surface area contributed by atoms with Gasteiger partial charge < -0.3 is 5.32 Å². The van der Waals surface area contributed by atoms with Gasteiger partial charge in [0, 0.05) is 23.6 Å². The molecule has 0 bridgehead atoms. The van der Waals surface area contributed by atoms with Crippen molar-refractivity contribution in [2.45, 2.75) is 38.6 Å². The highest BCUT2D eigenvalue weighted by Gasteiger charge is 2.41. The Hall–Kier alpha value is -3.66. The molecule has 0 unspecified atom stereocenters. The minimum Gasteiger partial charge on any atom is -0.357 e. The van der Waals surface area contributed by atoms with Crippen molar-refractivity contribution in [1.29, 1.82) is 0 Å². The van der Waals surface area contributed by atoms with Gasteiger partial charge >= 0.3 is 0 Å². The third-order valence-electron chi connectivity index (χ3n) is 6.61. The normalized spacial score (nSPS) is 20.1. The molecule has 2 atom stereocenters. The fourth-order valence-electron chi connectivity index (χ4n) is 5.02. The molecule has 5 rings (SSSR count). The third-order valence-corrected chi connectivity index (χ3v) is 6.61. The van der Waals surface area contributed by atoms with E-state index in [-0.39, 0.29) is 23.5 Å². The summed E-state index contributed by atoms with van der Waals surface area (Å²) < 4.78 is 0. The van der Waals surface area contributed by atoms with E-state index in [2.05, 4.69) is 17.4 Å². The number of nitrogens with zero attached hydrogens (tertiary/aromatic N) is 1. The van der Waals surface area contributed by atoms with Gasteiger partial charge in [0.2, 0.25) is 5.91 Å². The minimum absolute atomic E-state index is 0.00448. The summed E-state index contributed by atoms with van der Waals surface area (Å²) in [4.78, 5) is 29.3. The van der Waals surface area contributed by atoms with Gasteiger partial charge in [-0.1, -0.05) is 86.6 Å². The van der Waals surface area contributed by atoms with E-state index >= 15 is 0 Å². The Kier molecular flexibility index (Phi) is 5.59. The first-order chi connectivity index (χ1) is 16.0. The summed E-state index contributed by atoms with van der Waals surface area (Å²) in [6, 6.07) is 27.6. The number of hydrogen-bond donors (Lipinski definition) is 1. The number of rotatable bonds is 3. The van der Waals surface area contributed by atoms with E-state index in [9.17, 15) is 9.59 Å². The maximum absolute atomic E-state index is 13.8. The average Bonchev–Trinajstić information content (AvgIpc) is 2.99. The van der Waals surface area contributed by atoms with Gasteiger partial charge in [0.15, 0.2) is 5.78 Å². The van der Waals surface area contributed by atoms with E-state index < -0.39 is 6.04 Å². The molecule has 1 amide bonds. The lowest BCUT2D eigenvalue weighted by atomic mass is 9.78. The van der Waals surface area contributed by atoms with Crippen molar-refractivity contribution in [1.82, 2.24) is 0 Å². The van der Waals surface area contributed by atoms with E-state index in [1.54, 1.807) is 0 Å². The molecule has 1 aliphatic heterocycles. The third kappa shape index (κ3) is 3.86. The van der Waals surface area contributed by atoms with Crippen LogP contribution in [0.4, 0.5) is 11.4 Å². The van der Waals surface area contributed by atoms with E-state index in [4.69, 9.17) is 0 Å². The van der Waals surface area contributed by atoms with Crippen LogP contribution in [-0.2, 0) is 9.59 Å². The lowest BCUT2D eigenvalue weighted by Crippen LogP contribution is -2.40. The SMILES string of the molecule is CC(C)C(=O)N1c2ccccc2NC2=C(C(=O)C[C@H](c3ccccc3)C2)[C@H]1c1ccccc1. The molecule has 33 heavy (non-hydrogen) atoms. The first-order valence-electron chi connectivity index (χ1n) is 11.6. The van der Waals surface area contributed by atoms with Crippen LogP contribution in [0.25, 0.3) is 0 Å². The number of hydrogen-bond acceptors (Lipinski definition) is 3. The first-order valence-corrected chi connectivity index (χ1v) is 11.6. The predicted molar refractivity (Wildman–Crippen MR) is 132 cm³/mol. The lowest BCUT2D eigenvalue weighted by Gasteiger charge is -2.36. The lowest BCUT2D eigenvalue weighted by molar-refractivity contribution is -0.121. The van der Waals surface area contributed by atoms with Crippen molar-refractivity contribution in [3.05, 3.63) is 107 Å². The summed E-state index contributed by atoms with van der Waals surface area (Å²) >= 11 is 0. The second kappa shape index (κ2) is 8.70. The van der Waals surface area contributed by atoms with E-state index in [1.165, 1.54) is 5.56 Å². The van der Waals surface area contributed by atoms with Crippen molar-refractivity contribution in [2.24, 2.45) is 5.92 Å². The number of carbonyl (C=O) groups is 2. The van der Waals surface area contributed by atoms with Crippen molar-refractivity contribution in [3.63, 3.8) is 0 Å². The Morgan fingerprint density at radius 1 is 0.848 bits per heavy atom. The summed E-state index contributed by atoms with van der Waals surface area (Å²) in [6.45, 7) is 3.82. The molecule has 0 spiro atoms. The second-order valence-corrected chi connectivity index (χ2v) is 9.15. The fourth-order valence-corrected chi connectivity index (χ4v) is 5.02. The van der Waals surface area contributed by atoms with Crippen LogP contribution in [0.1, 0.15) is 49.8 Å². The molecule has 3 aromatic rings. The zero-order valence-corrected chi connectivity index (χ0v) is 19.0. The smallest absolute Gasteiger partial charge is 0.230 e. The molecule has 4 nitrogen and oxygen atoms in total. The number of fused-ring (bicyclic) bond motifs is 1. The number of ketones is 1.